The van der Waals surface area contributed by atoms with Gasteiger partial charge in [-0.25, -0.2) is 4.98 Å². The van der Waals surface area contributed by atoms with Crippen molar-refractivity contribution in [2.75, 3.05) is 30.7 Å². The maximum absolute atomic E-state index is 12.2. The van der Waals surface area contributed by atoms with Crippen LogP contribution in [-0.4, -0.2) is 35.7 Å². The molecule has 1 aromatic heterocycles. The predicted molar refractivity (Wildman–Crippen MR) is 126 cm³/mol. The van der Waals surface area contributed by atoms with Crippen LogP contribution < -0.4 is 21.1 Å². The monoisotopic (exact) mass is 443 g/mol. The number of ether oxygens (including phenoxy) is 1. The van der Waals surface area contributed by atoms with Gasteiger partial charge in [0.2, 0.25) is 0 Å². The van der Waals surface area contributed by atoms with Gasteiger partial charge in [-0.2, -0.15) is 5.26 Å². The number of hydrogen-bond donors (Lipinski definition) is 4. The molecular formula is C25H25N5O3. The Bertz CT molecular complexity index is 1190. The molecular weight excluding hydrogens is 418 g/mol. The summed E-state index contributed by atoms with van der Waals surface area (Å²) in [7, 11) is 0. The highest BCUT2D eigenvalue weighted by atomic mass is 16.5. The maximum Gasteiger partial charge on any atom is 0.251 e. The number of nitrogen functional groups attached to an aromatic ring is 1. The van der Waals surface area contributed by atoms with Crippen LogP contribution in [0.4, 0.5) is 11.5 Å². The van der Waals surface area contributed by atoms with Gasteiger partial charge in [0.25, 0.3) is 5.91 Å². The predicted octanol–water partition coefficient (Wildman–Crippen LogP) is 3.54. The van der Waals surface area contributed by atoms with Crippen LogP contribution >= 0.6 is 0 Å². The van der Waals surface area contributed by atoms with Crippen molar-refractivity contribution in [2.24, 2.45) is 5.92 Å². The van der Waals surface area contributed by atoms with Gasteiger partial charge in [0.05, 0.1) is 23.6 Å². The number of aromatic nitrogens is 1. The van der Waals surface area contributed by atoms with Crippen LogP contribution in [0, 0.1) is 17.2 Å². The maximum atomic E-state index is 12.2. The summed E-state index contributed by atoms with van der Waals surface area (Å²) in [5, 5.41) is 26.1. The molecule has 1 aliphatic rings. The minimum Gasteiger partial charge on any atom is -0.507 e. The molecule has 1 fully saturated rings. The van der Waals surface area contributed by atoms with E-state index in [1.54, 1.807) is 48.5 Å². The Morgan fingerprint density at radius 3 is 2.70 bits per heavy atom. The van der Waals surface area contributed by atoms with E-state index in [9.17, 15) is 15.2 Å². The lowest BCUT2D eigenvalue weighted by molar-refractivity contribution is 0.0955. The molecule has 1 amide bonds. The minimum atomic E-state index is -0.181. The summed E-state index contributed by atoms with van der Waals surface area (Å²) in [6.07, 6.45) is 2.29. The van der Waals surface area contributed by atoms with E-state index < -0.39 is 0 Å². The Morgan fingerprint density at radius 1 is 1.18 bits per heavy atom. The smallest absolute Gasteiger partial charge is 0.251 e. The number of nitrogens with one attached hydrogen (secondary N) is 2. The molecule has 0 spiro atoms. The summed E-state index contributed by atoms with van der Waals surface area (Å²) in [5.74, 6) is 0.935. The second kappa shape index (κ2) is 9.92. The highest BCUT2D eigenvalue weighted by Crippen LogP contribution is 2.40. The number of amides is 1. The van der Waals surface area contributed by atoms with Crippen molar-refractivity contribution in [1.29, 1.82) is 5.26 Å². The van der Waals surface area contributed by atoms with E-state index in [2.05, 4.69) is 21.7 Å². The molecule has 0 unspecified atom stereocenters. The van der Waals surface area contributed by atoms with E-state index in [1.165, 1.54) is 0 Å². The number of phenolic OH excluding ortho intramolecular Hbond substituents is 1. The fourth-order valence-electron chi connectivity index (χ4n) is 3.40. The first-order valence-electron chi connectivity index (χ1n) is 10.8. The molecule has 1 aliphatic carbocycles. The fraction of sp³-hybridized carbons (Fsp3) is 0.240. The molecule has 33 heavy (non-hydrogen) atoms. The number of rotatable bonds is 9. The highest BCUT2D eigenvalue weighted by molar-refractivity contribution is 5.94. The van der Waals surface area contributed by atoms with Crippen molar-refractivity contribution in [3.63, 3.8) is 0 Å². The van der Waals surface area contributed by atoms with Crippen LogP contribution in [0.15, 0.2) is 54.6 Å². The molecule has 0 aliphatic heterocycles. The number of benzene rings is 2. The molecule has 168 valence electrons. The Morgan fingerprint density at radius 2 is 1.97 bits per heavy atom. The third-order valence-corrected chi connectivity index (χ3v) is 5.35. The van der Waals surface area contributed by atoms with Gasteiger partial charge in [0, 0.05) is 18.7 Å². The van der Waals surface area contributed by atoms with E-state index >= 15 is 0 Å². The summed E-state index contributed by atoms with van der Waals surface area (Å²) in [5.41, 5.74) is 8.12. The molecule has 3 aromatic rings. The fourth-order valence-corrected chi connectivity index (χ4v) is 3.40. The topological polar surface area (TPSA) is 133 Å². The number of nitrogens with two attached hydrogens (primary N) is 1. The van der Waals surface area contributed by atoms with Crippen LogP contribution in [0.3, 0.4) is 0 Å². The first-order chi connectivity index (χ1) is 16.1. The van der Waals surface area contributed by atoms with E-state index in [1.807, 2.05) is 6.07 Å². The zero-order chi connectivity index (χ0) is 23.2. The largest absolute Gasteiger partial charge is 0.507 e. The molecule has 0 atom stereocenters. The van der Waals surface area contributed by atoms with Crippen molar-refractivity contribution in [1.82, 2.24) is 10.3 Å². The summed E-state index contributed by atoms with van der Waals surface area (Å²) in [4.78, 5) is 16.5. The quantitative estimate of drug-likeness (QED) is 0.372. The summed E-state index contributed by atoms with van der Waals surface area (Å²) in [6, 6.07) is 17.7. The zero-order valence-corrected chi connectivity index (χ0v) is 18.0. The molecule has 0 saturated heterocycles. The van der Waals surface area contributed by atoms with Crippen LogP contribution in [-0.2, 0) is 0 Å². The molecule has 4 rings (SSSR count). The summed E-state index contributed by atoms with van der Waals surface area (Å²) >= 11 is 0. The third kappa shape index (κ3) is 5.33. The lowest BCUT2D eigenvalue weighted by atomic mass is 10.1. The van der Waals surface area contributed by atoms with Crippen LogP contribution in [0.1, 0.15) is 28.8 Å². The SMILES string of the molecule is N#Cc1c(NCCNC(=O)c2ccccc2)cc(-c2c(O)cccc2OCC2CC2)nc1N. The molecule has 2 aromatic carbocycles. The Balaban J connectivity index is 1.51. The minimum absolute atomic E-state index is 0.0148. The second-order valence-electron chi connectivity index (χ2n) is 7.88. The molecule has 8 nitrogen and oxygen atoms in total. The highest BCUT2D eigenvalue weighted by Gasteiger charge is 2.24. The average Bonchev–Trinajstić information content (AvgIpc) is 3.65. The number of carbonyl (C=O) groups is 1. The zero-order valence-electron chi connectivity index (χ0n) is 18.0. The van der Waals surface area contributed by atoms with Crippen molar-refractivity contribution in [3.05, 3.63) is 65.7 Å². The number of anilines is 2. The molecule has 1 heterocycles. The van der Waals surface area contributed by atoms with E-state index in [0.29, 0.717) is 53.9 Å². The van der Waals surface area contributed by atoms with Gasteiger partial charge in [0.15, 0.2) is 0 Å². The average molecular weight is 444 g/mol. The van der Waals surface area contributed by atoms with Gasteiger partial charge < -0.3 is 26.2 Å². The third-order valence-electron chi connectivity index (χ3n) is 5.35. The number of carbonyl (C=O) groups excluding carboxylic acids is 1. The molecule has 0 bridgehead atoms. The Hall–Kier alpha value is -4.25. The van der Waals surface area contributed by atoms with Gasteiger partial charge in [-0.15, -0.1) is 0 Å². The molecule has 1 saturated carbocycles. The Kier molecular flexibility index (Phi) is 6.60. The first kappa shape index (κ1) is 22.0. The summed E-state index contributed by atoms with van der Waals surface area (Å²) < 4.78 is 5.93. The summed E-state index contributed by atoms with van der Waals surface area (Å²) in [6.45, 7) is 1.28. The molecule has 8 heteroatoms. The van der Waals surface area contributed by atoms with E-state index in [4.69, 9.17) is 10.5 Å². The standard InChI is InChI=1S/C25H25N5O3/c26-14-18-19(28-11-12-29-25(32)17-5-2-1-3-6-17)13-20(30-24(18)27)23-21(31)7-4-8-22(23)33-15-16-9-10-16/h1-8,13,16,31H,9-12,15H2,(H,29,32)(H3,27,28,30). The number of hydrogen-bond acceptors (Lipinski definition) is 7. The van der Waals surface area contributed by atoms with Crippen molar-refractivity contribution >= 4 is 17.4 Å². The van der Waals surface area contributed by atoms with Crippen LogP contribution in [0.2, 0.25) is 0 Å². The van der Waals surface area contributed by atoms with Crippen molar-refractivity contribution in [3.8, 4) is 28.8 Å². The normalized spacial score (nSPS) is 12.6. The molecule has 0 radical (unpaired) electrons. The van der Waals surface area contributed by atoms with Gasteiger partial charge in [-0.05, 0) is 49.1 Å². The second-order valence-corrected chi connectivity index (χ2v) is 7.88. The van der Waals surface area contributed by atoms with Gasteiger partial charge in [-0.1, -0.05) is 24.3 Å². The van der Waals surface area contributed by atoms with Gasteiger partial charge in [0.1, 0.15) is 28.9 Å². The molecule has 5 N–H and O–H groups in total. The number of nitrogens with zero attached hydrogens (tertiary/aromatic N) is 2. The number of aromatic hydroxyl groups is 1. The van der Waals surface area contributed by atoms with Gasteiger partial charge >= 0.3 is 0 Å². The lowest BCUT2D eigenvalue weighted by Gasteiger charge is -2.16. The first-order valence-corrected chi connectivity index (χ1v) is 10.8. The number of phenols is 1. The number of nitriles is 1. The van der Waals surface area contributed by atoms with Crippen LogP contribution in [0.25, 0.3) is 11.3 Å². The lowest BCUT2D eigenvalue weighted by Crippen LogP contribution is -2.28. The van der Waals surface area contributed by atoms with E-state index in [-0.39, 0.29) is 23.0 Å². The van der Waals surface area contributed by atoms with Crippen molar-refractivity contribution < 1.29 is 14.6 Å². The van der Waals surface area contributed by atoms with Crippen LogP contribution in [0.5, 0.6) is 11.5 Å². The number of pyridine rings is 1. The van der Waals surface area contributed by atoms with Gasteiger partial charge in [-0.3, -0.25) is 4.79 Å². The van der Waals surface area contributed by atoms with Crippen molar-refractivity contribution in [2.45, 2.75) is 12.8 Å². The Labute approximate surface area is 192 Å². The van der Waals surface area contributed by atoms with E-state index in [0.717, 1.165) is 12.8 Å².